The van der Waals surface area contributed by atoms with Crippen molar-refractivity contribution in [2.45, 2.75) is 5.85 Å². The summed E-state index contributed by atoms with van der Waals surface area (Å²) in [6.45, 7) is 0. The fraction of sp³-hybridized carbons (Fsp3) is 0.0385. The zero-order chi connectivity index (χ0) is 20.6. The van der Waals surface area contributed by atoms with Gasteiger partial charge in [0, 0.05) is 12.1 Å². The molecule has 2 aliphatic rings. The van der Waals surface area contributed by atoms with E-state index in [9.17, 15) is 4.79 Å². The van der Waals surface area contributed by atoms with Gasteiger partial charge in [0.1, 0.15) is 23.6 Å². The maximum absolute atomic E-state index is 12.9. The van der Waals surface area contributed by atoms with Gasteiger partial charge in [0.2, 0.25) is 0 Å². The summed E-state index contributed by atoms with van der Waals surface area (Å²) in [5, 5.41) is 2.26. The van der Waals surface area contributed by atoms with E-state index in [1.54, 1.807) is 0 Å². The SMILES string of the molecule is O=C1OC2(c3cc4ccccc4cc3-c3n(-c4ccccc4)cc[n+]32)[n+]2ccccc21. The molecule has 0 N–H and O–H groups in total. The minimum atomic E-state index is -1.08. The molecule has 1 atom stereocenters. The molecule has 0 amide bonds. The summed E-state index contributed by atoms with van der Waals surface area (Å²) in [6.07, 6.45) is 5.94. The van der Waals surface area contributed by atoms with Crippen LogP contribution in [0.2, 0.25) is 0 Å². The van der Waals surface area contributed by atoms with Crippen molar-refractivity contribution in [2.75, 3.05) is 0 Å². The average molecular weight is 403 g/mol. The lowest BCUT2D eigenvalue weighted by molar-refractivity contribution is -1.00. The van der Waals surface area contributed by atoms with Gasteiger partial charge in [0.25, 0.3) is 5.69 Å². The van der Waals surface area contributed by atoms with Crippen LogP contribution in [0.5, 0.6) is 0 Å². The lowest BCUT2D eigenvalue weighted by Crippen LogP contribution is -2.71. The lowest BCUT2D eigenvalue weighted by atomic mass is 9.99. The Balaban J connectivity index is 1.63. The van der Waals surface area contributed by atoms with Crippen LogP contribution in [0.15, 0.2) is 104 Å². The second-order valence-electron chi connectivity index (χ2n) is 7.90. The number of aromatic nitrogens is 3. The van der Waals surface area contributed by atoms with Crippen LogP contribution in [0, 0.1) is 0 Å². The molecule has 146 valence electrons. The molecule has 2 aromatic heterocycles. The first kappa shape index (κ1) is 16.5. The van der Waals surface area contributed by atoms with Crippen molar-refractivity contribution in [3.63, 3.8) is 0 Å². The molecule has 1 unspecified atom stereocenters. The Morgan fingerprint density at radius 3 is 2.35 bits per heavy atom. The van der Waals surface area contributed by atoms with Gasteiger partial charge in [-0.15, -0.1) is 9.13 Å². The molecule has 31 heavy (non-hydrogen) atoms. The molecule has 5 nitrogen and oxygen atoms in total. The Kier molecular flexibility index (Phi) is 3.02. The zero-order valence-corrected chi connectivity index (χ0v) is 16.5. The van der Waals surface area contributed by atoms with E-state index in [0.29, 0.717) is 5.69 Å². The van der Waals surface area contributed by atoms with Crippen LogP contribution >= 0.6 is 0 Å². The van der Waals surface area contributed by atoms with Gasteiger partial charge in [0.15, 0.2) is 6.20 Å². The normalized spacial score (nSPS) is 18.1. The van der Waals surface area contributed by atoms with Crippen molar-refractivity contribution in [1.82, 2.24) is 4.57 Å². The number of hydrogen-bond donors (Lipinski definition) is 0. The highest BCUT2D eigenvalue weighted by Crippen LogP contribution is 2.42. The second-order valence-corrected chi connectivity index (χ2v) is 7.90. The van der Waals surface area contributed by atoms with Crippen LogP contribution in [0.25, 0.3) is 27.8 Å². The molecular formula is C26H17N3O2+2. The van der Waals surface area contributed by atoms with E-state index < -0.39 is 5.85 Å². The Hall–Kier alpha value is -4.25. The Labute approximate surface area is 178 Å². The predicted molar refractivity (Wildman–Crippen MR) is 113 cm³/mol. The molecule has 0 aliphatic carbocycles. The third kappa shape index (κ3) is 1.98. The molecule has 1 spiro atoms. The summed E-state index contributed by atoms with van der Waals surface area (Å²) in [4.78, 5) is 12.9. The smallest absolute Gasteiger partial charge is 0.351 e. The number of pyridine rings is 1. The monoisotopic (exact) mass is 403 g/mol. The molecule has 0 bridgehead atoms. The fourth-order valence-corrected chi connectivity index (χ4v) is 4.97. The molecule has 5 heteroatoms. The van der Waals surface area contributed by atoms with Crippen molar-refractivity contribution in [3.05, 3.63) is 115 Å². The van der Waals surface area contributed by atoms with Gasteiger partial charge < -0.3 is 4.74 Å². The van der Waals surface area contributed by atoms with E-state index in [2.05, 4.69) is 45.5 Å². The number of carbonyl (C=O) groups excluding carboxylic acids is 1. The van der Waals surface area contributed by atoms with E-state index in [4.69, 9.17) is 4.74 Å². The van der Waals surface area contributed by atoms with E-state index in [1.807, 2.05) is 71.7 Å². The molecule has 0 saturated carbocycles. The van der Waals surface area contributed by atoms with Gasteiger partial charge in [-0.05, 0) is 41.1 Å². The van der Waals surface area contributed by atoms with Crippen molar-refractivity contribution < 1.29 is 18.7 Å². The first-order valence-electron chi connectivity index (χ1n) is 10.2. The number of fused-ring (bicyclic) bond motifs is 8. The second kappa shape index (κ2) is 5.67. The van der Waals surface area contributed by atoms with Gasteiger partial charge in [-0.25, -0.2) is 4.79 Å². The molecular weight excluding hydrogens is 386 g/mol. The van der Waals surface area contributed by atoms with Crippen LogP contribution in [0.1, 0.15) is 16.1 Å². The molecule has 5 aromatic rings. The topological polar surface area (TPSA) is 39.0 Å². The Bertz CT molecular complexity index is 1540. The summed E-state index contributed by atoms with van der Waals surface area (Å²) in [6, 6.07) is 28.4. The van der Waals surface area contributed by atoms with Crippen molar-refractivity contribution in [3.8, 4) is 17.1 Å². The average Bonchev–Trinajstić information content (AvgIpc) is 3.46. The molecule has 0 radical (unpaired) electrons. The minimum Gasteiger partial charge on any atom is -0.351 e. The number of nitrogens with zero attached hydrogens (tertiary/aromatic N) is 3. The summed E-state index contributed by atoms with van der Waals surface area (Å²) in [5.41, 5.74) is 3.59. The van der Waals surface area contributed by atoms with Crippen LogP contribution in [-0.2, 0) is 10.6 Å². The maximum atomic E-state index is 12.9. The van der Waals surface area contributed by atoms with E-state index in [-0.39, 0.29) is 5.97 Å². The molecule has 2 aliphatic heterocycles. The number of hydrogen-bond acceptors (Lipinski definition) is 2. The number of ether oxygens (including phenoxy) is 1. The maximum Gasteiger partial charge on any atom is 0.501 e. The molecule has 7 rings (SSSR count). The van der Waals surface area contributed by atoms with Gasteiger partial charge in [-0.1, -0.05) is 42.5 Å². The Morgan fingerprint density at radius 2 is 1.52 bits per heavy atom. The number of carbonyl (C=O) groups is 1. The van der Waals surface area contributed by atoms with Crippen LogP contribution in [0.3, 0.4) is 0 Å². The van der Waals surface area contributed by atoms with Crippen molar-refractivity contribution >= 4 is 16.7 Å². The van der Waals surface area contributed by atoms with Crippen LogP contribution in [0.4, 0.5) is 0 Å². The van der Waals surface area contributed by atoms with Crippen LogP contribution in [-0.4, -0.2) is 10.5 Å². The van der Waals surface area contributed by atoms with Gasteiger partial charge in [-0.2, -0.15) is 4.57 Å². The number of para-hydroxylation sites is 1. The van der Waals surface area contributed by atoms with E-state index in [1.165, 1.54) is 0 Å². The largest absolute Gasteiger partial charge is 0.501 e. The first-order valence-corrected chi connectivity index (χ1v) is 10.2. The summed E-state index contributed by atoms with van der Waals surface area (Å²) in [5.74, 6) is -0.431. The highest BCUT2D eigenvalue weighted by Gasteiger charge is 2.67. The van der Waals surface area contributed by atoms with Gasteiger partial charge >= 0.3 is 17.6 Å². The number of imidazole rings is 1. The summed E-state index contributed by atoms with van der Waals surface area (Å²) in [7, 11) is 0. The third-order valence-corrected chi connectivity index (χ3v) is 6.29. The molecule has 0 saturated heterocycles. The zero-order valence-electron chi connectivity index (χ0n) is 16.5. The van der Waals surface area contributed by atoms with E-state index in [0.717, 1.165) is 33.4 Å². The van der Waals surface area contributed by atoms with Crippen LogP contribution < -0.4 is 9.13 Å². The Morgan fingerprint density at radius 1 is 0.774 bits per heavy atom. The molecule has 4 heterocycles. The summed E-state index contributed by atoms with van der Waals surface area (Å²) < 4.78 is 12.4. The first-order chi connectivity index (χ1) is 15.3. The highest BCUT2D eigenvalue weighted by molar-refractivity contribution is 5.91. The quantitative estimate of drug-likeness (QED) is 0.317. The predicted octanol–water partition coefficient (Wildman–Crippen LogP) is 3.56. The summed E-state index contributed by atoms with van der Waals surface area (Å²) >= 11 is 0. The number of esters is 1. The van der Waals surface area contributed by atoms with Crippen molar-refractivity contribution in [1.29, 1.82) is 0 Å². The van der Waals surface area contributed by atoms with Gasteiger partial charge in [-0.3, -0.25) is 0 Å². The standard InChI is InChI=1S/C26H17N3O2/c30-25-23-12-6-7-13-28(23)26(31-25)22-17-19-9-5-4-8-18(19)16-21(22)24-27(14-15-29(24)26)20-10-2-1-3-11-20/h1-17H/q+2. The lowest BCUT2D eigenvalue weighted by Gasteiger charge is -2.15. The third-order valence-electron chi connectivity index (χ3n) is 6.29. The van der Waals surface area contributed by atoms with E-state index >= 15 is 0 Å². The fourth-order valence-electron chi connectivity index (χ4n) is 4.97. The molecule has 0 fully saturated rings. The molecule has 3 aromatic carbocycles. The highest BCUT2D eigenvalue weighted by atomic mass is 16.6. The minimum absolute atomic E-state index is 0.326. The van der Waals surface area contributed by atoms with Gasteiger partial charge in [0.05, 0.1) is 5.56 Å². The number of benzene rings is 3. The number of rotatable bonds is 1. The van der Waals surface area contributed by atoms with Crippen molar-refractivity contribution in [2.24, 2.45) is 0 Å².